The van der Waals surface area contributed by atoms with E-state index < -0.39 is 0 Å². The molecule has 2 aromatic carbocycles. The lowest BCUT2D eigenvalue weighted by atomic mass is 10.1. The second-order valence-corrected chi connectivity index (χ2v) is 9.68. The number of halogens is 1. The van der Waals surface area contributed by atoms with Crippen molar-refractivity contribution in [2.75, 3.05) is 6.26 Å². The molecule has 0 radical (unpaired) electrons. The van der Waals surface area contributed by atoms with Crippen molar-refractivity contribution in [3.8, 4) is 11.3 Å². The molecule has 0 atom stereocenters. The normalized spacial score (nSPS) is 12.1. The Kier molecular flexibility index (Phi) is 5.52. The topological polar surface area (TPSA) is 60.4 Å². The summed E-state index contributed by atoms with van der Waals surface area (Å²) in [4.78, 5) is 19.1. The van der Waals surface area contributed by atoms with Gasteiger partial charge in [-0.25, -0.2) is 4.98 Å². The van der Waals surface area contributed by atoms with Gasteiger partial charge < -0.3 is 4.42 Å². The van der Waals surface area contributed by atoms with Crippen molar-refractivity contribution in [2.24, 2.45) is 0 Å². The molecule has 5 nitrogen and oxygen atoms in total. The Balaban J connectivity index is 1.41. The van der Waals surface area contributed by atoms with Gasteiger partial charge in [0.25, 0.3) is 5.56 Å². The largest absolute Gasteiger partial charge is 0.457 e. The minimum atomic E-state index is -0.182. The van der Waals surface area contributed by atoms with Gasteiger partial charge in [-0.05, 0) is 48.2 Å². The van der Waals surface area contributed by atoms with Gasteiger partial charge >= 0.3 is 0 Å². The third kappa shape index (κ3) is 4.23. The summed E-state index contributed by atoms with van der Waals surface area (Å²) in [7, 11) is 0. The Labute approximate surface area is 194 Å². The van der Waals surface area contributed by atoms with Crippen LogP contribution in [0, 0.1) is 0 Å². The first-order valence-corrected chi connectivity index (χ1v) is 12.3. The van der Waals surface area contributed by atoms with Crippen molar-refractivity contribution in [3.63, 3.8) is 0 Å². The van der Waals surface area contributed by atoms with Gasteiger partial charge in [0.15, 0.2) is 5.82 Å². The first-order valence-electron chi connectivity index (χ1n) is 9.48. The van der Waals surface area contributed by atoms with Crippen LogP contribution < -0.4 is 10.1 Å². The molecule has 8 heteroatoms. The number of hydrogen-bond acceptors (Lipinski definition) is 6. The first kappa shape index (κ1) is 20.2. The lowest BCUT2D eigenvalue weighted by molar-refractivity contribution is 0.571. The molecule has 0 amide bonds. The minimum absolute atomic E-state index is 0.182. The van der Waals surface area contributed by atoms with Crippen LogP contribution in [-0.2, 0) is 6.42 Å². The van der Waals surface area contributed by atoms with Gasteiger partial charge in [-0.15, -0.1) is 16.9 Å². The number of rotatable bonds is 5. The van der Waals surface area contributed by atoms with E-state index in [1.807, 2.05) is 36.4 Å². The maximum Gasteiger partial charge on any atom is 0.291 e. The summed E-state index contributed by atoms with van der Waals surface area (Å²) >= 11 is 6.45. The molecule has 3 heterocycles. The fraction of sp³-hybridized carbons (Fsp3) is 0.0870. The lowest BCUT2D eigenvalue weighted by Crippen LogP contribution is -2.23. The Morgan fingerprint density at radius 1 is 1.10 bits per heavy atom. The summed E-state index contributed by atoms with van der Waals surface area (Å²) < 4.78 is 8.84. The van der Waals surface area contributed by atoms with E-state index in [0.717, 1.165) is 21.4 Å². The number of aromatic nitrogens is 3. The van der Waals surface area contributed by atoms with E-state index >= 15 is 0 Å². The second kappa shape index (κ2) is 8.45. The van der Waals surface area contributed by atoms with Crippen molar-refractivity contribution in [1.82, 2.24) is 14.6 Å². The molecule has 0 bridgehead atoms. The number of thiazole rings is 1. The molecule has 5 rings (SSSR count). The number of nitrogens with zero attached hydrogens (tertiary/aromatic N) is 3. The number of thioether (sulfide) groups is 1. The van der Waals surface area contributed by atoms with Crippen LogP contribution in [0.25, 0.3) is 22.4 Å². The van der Waals surface area contributed by atoms with Gasteiger partial charge in [0, 0.05) is 27.4 Å². The zero-order valence-electron chi connectivity index (χ0n) is 16.4. The number of fused-ring (bicyclic) bond motifs is 1. The summed E-state index contributed by atoms with van der Waals surface area (Å²) in [6.07, 6.45) is 4.39. The third-order valence-corrected chi connectivity index (χ3v) is 7.01. The van der Waals surface area contributed by atoms with Crippen molar-refractivity contribution in [2.45, 2.75) is 11.3 Å². The molecular formula is C23H16BrN3O2S2. The van der Waals surface area contributed by atoms with Gasteiger partial charge in [-0.1, -0.05) is 51.5 Å². The average molecular weight is 510 g/mol. The highest BCUT2D eigenvalue weighted by atomic mass is 79.9. The van der Waals surface area contributed by atoms with Crippen molar-refractivity contribution < 1.29 is 4.42 Å². The summed E-state index contributed by atoms with van der Waals surface area (Å²) in [5.74, 6) is 2.01. The molecule has 3 aromatic heterocycles. The molecule has 154 valence electrons. The summed E-state index contributed by atoms with van der Waals surface area (Å²) in [5.41, 5.74) is 1.91. The molecule has 0 aliphatic heterocycles. The van der Waals surface area contributed by atoms with Gasteiger partial charge in [-0.3, -0.25) is 4.79 Å². The summed E-state index contributed by atoms with van der Waals surface area (Å²) in [6, 6.07) is 19.9. The molecule has 0 saturated heterocycles. The van der Waals surface area contributed by atoms with Crippen molar-refractivity contribution in [1.29, 1.82) is 0 Å². The zero-order chi connectivity index (χ0) is 21.4. The molecule has 0 spiro atoms. The molecule has 5 aromatic rings. The number of furan rings is 1. The lowest BCUT2D eigenvalue weighted by Gasteiger charge is -1.99. The Morgan fingerprint density at radius 2 is 1.87 bits per heavy atom. The van der Waals surface area contributed by atoms with E-state index in [1.165, 1.54) is 20.7 Å². The van der Waals surface area contributed by atoms with Crippen LogP contribution in [0.15, 0.2) is 79.2 Å². The van der Waals surface area contributed by atoms with E-state index in [0.29, 0.717) is 27.5 Å². The fourth-order valence-corrected chi connectivity index (χ4v) is 4.78. The minimum Gasteiger partial charge on any atom is -0.457 e. The van der Waals surface area contributed by atoms with Gasteiger partial charge in [0.05, 0.1) is 0 Å². The Morgan fingerprint density at radius 3 is 2.58 bits per heavy atom. The van der Waals surface area contributed by atoms with Crippen LogP contribution in [0.1, 0.15) is 17.1 Å². The van der Waals surface area contributed by atoms with E-state index in [4.69, 9.17) is 4.42 Å². The predicted molar refractivity (Wildman–Crippen MR) is 129 cm³/mol. The fourth-order valence-electron chi connectivity index (χ4n) is 3.20. The van der Waals surface area contributed by atoms with E-state index in [1.54, 1.807) is 17.8 Å². The van der Waals surface area contributed by atoms with E-state index in [9.17, 15) is 4.79 Å². The van der Waals surface area contributed by atoms with Crippen LogP contribution in [0.5, 0.6) is 0 Å². The SMILES string of the molecule is CSc1ccc(Cc2nc3s/c(=C\c4ccc(-c5ccc(Br)cc5)o4)c(=O)n3n2)cc1. The van der Waals surface area contributed by atoms with Gasteiger partial charge in [0.2, 0.25) is 4.96 Å². The highest BCUT2D eigenvalue weighted by Crippen LogP contribution is 2.24. The standard InChI is InChI=1S/C23H16BrN3O2S2/c1-30-18-9-2-14(3-10-18)12-21-25-23-27(26-21)22(28)20(31-23)13-17-8-11-19(29-17)15-4-6-16(24)7-5-15/h2-11,13H,12H2,1H3/b20-13-. The third-order valence-electron chi connectivity index (χ3n) is 4.78. The van der Waals surface area contributed by atoms with Crippen LogP contribution in [-0.4, -0.2) is 20.9 Å². The molecular weight excluding hydrogens is 494 g/mol. The summed E-state index contributed by atoms with van der Waals surface area (Å²) in [6.45, 7) is 0. The zero-order valence-corrected chi connectivity index (χ0v) is 19.6. The van der Waals surface area contributed by atoms with Crippen LogP contribution in [0.4, 0.5) is 0 Å². The maximum absolute atomic E-state index is 12.8. The second-order valence-electron chi connectivity index (χ2n) is 6.87. The number of benzene rings is 2. The highest BCUT2D eigenvalue weighted by Gasteiger charge is 2.12. The van der Waals surface area contributed by atoms with Gasteiger partial charge in [0.1, 0.15) is 16.1 Å². The van der Waals surface area contributed by atoms with Gasteiger partial charge in [-0.2, -0.15) is 4.52 Å². The smallest absolute Gasteiger partial charge is 0.291 e. The molecule has 0 unspecified atom stereocenters. The van der Waals surface area contributed by atoms with Crippen molar-refractivity contribution >= 4 is 50.1 Å². The Bertz CT molecular complexity index is 1470. The van der Waals surface area contributed by atoms with Crippen LogP contribution in [0.2, 0.25) is 0 Å². The van der Waals surface area contributed by atoms with Crippen molar-refractivity contribution in [3.05, 3.63) is 97.2 Å². The predicted octanol–water partition coefficient (Wildman–Crippen LogP) is 5.03. The monoisotopic (exact) mass is 509 g/mol. The average Bonchev–Trinajstić information content (AvgIpc) is 3.47. The Hall–Kier alpha value is -2.68. The van der Waals surface area contributed by atoms with E-state index in [2.05, 4.69) is 56.5 Å². The number of hydrogen-bond donors (Lipinski definition) is 0. The van der Waals surface area contributed by atoms with Crippen LogP contribution in [0.3, 0.4) is 0 Å². The first-order chi connectivity index (χ1) is 15.1. The molecule has 0 aliphatic carbocycles. The summed E-state index contributed by atoms with van der Waals surface area (Å²) in [5, 5.41) is 4.42. The quantitative estimate of drug-likeness (QED) is 0.311. The molecule has 0 aliphatic rings. The highest BCUT2D eigenvalue weighted by molar-refractivity contribution is 9.10. The van der Waals surface area contributed by atoms with Crippen LogP contribution >= 0.6 is 39.0 Å². The molecule has 0 N–H and O–H groups in total. The molecule has 0 fully saturated rings. The molecule has 31 heavy (non-hydrogen) atoms. The maximum atomic E-state index is 12.8. The van der Waals surface area contributed by atoms with E-state index in [-0.39, 0.29) is 5.56 Å². The molecule has 0 saturated carbocycles.